The fourth-order valence-corrected chi connectivity index (χ4v) is 5.46. The molecule has 0 N–H and O–H groups in total. The highest BCUT2D eigenvalue weighted by Gasteiger charge is 2.53. The molecule has 2 bridgehead atoms. The number of rotatable bonds is 5. The number of hydrogen-bond donors (Lipinski definition) is 0. The molecule has 2 unspecified atom stereocenters. The molecule has 3 aromatic rings. The van der Waals surface area contributed by atoms with Crippen LogP contribution in [0.25, 0.3) is 5.65 Å². The Bertz CT molecular complexity index is 1390. The first-order valence-electron chi connectivity index (χ1n) is 14.0. The molecule has 4 aliphatic heterocycles. The third kappa shape index (κ3) is 4.79. The van der Waals surface area contributed by atoms with Crippen molar-refractivity contribution >= 4 is 30.4 Å². The van der Waals surface area contributed by atoms with Crippen LogP contribution in [0.5, 0.6) is 5.75 Å². The maximum absolute atomic E-state index is 12.8. The minimum atomic E-state index is -0.609. The van der Waals surface area contributed by atoms with Crippen LogP contribution in [0, 0.1) is 0 Å². The average Bonchev–Trinajstić information content (AvgIpc) is 3.40. The summed E-state index contributed by atoms with van der Waals surface area (Å²) in [6.07, 6.45) is 0.698. The van der Waals surface area contributed by atoms with E-state index in [2.05, 4.69) is 4.90 Å². The van der Waals surface area contributed by atoms with Gasteiger partial charge >= 0.3 is 13.2 Å². The molecule has 6 heterocycles. The molecular formula is C29H38BN5O5. The number of piperazine rings is 1. The maximum atomic E-state index is 12.8. The van der Waals surface area contributed by atoms with Crippen LogP contribution >= 0.6 is 0 Å². The number of hydrogen-bond acceptors (Lipinski definition) is 8. The quantitative estimate of drug-likeness (QED) is 0.446. The number of anilines is 1. The minimum Gasteiger partial charge on any atom is -0.485 e. The Labute approximate surface area is 235 Å². The summed E-state index contributed by atoms with van der Waals surface area (Å²) in [5, 5.41) is 4.93. The molecule has 2 atom stereocenters. The van der Waals surface area contributed by atoms with Crippen LogP contribution in [0.4, 0.5) is 10.7 Å². The van der Waals surface area contributed by atoms with Gasteiger partial charge in [-0.15, -0.1) is 5.10 Å². The van der Waals surface area contributed by atoms with E-state index in [0.29, 0.717) is 37.0 Å². The van der Waals surface area contributed by atoms with Crippen molar-refractivity contribution in [2.45, 2.75) is 90.4 Å². The molecule has 2 aromatic heterocycles. The predicted octanol–water partition coefficient (Wildman–Crippen LogP) is 3.81. The van der Waals surface area contributed by atoms with Gasteiger partial charge in [0.2, 0.25) is 5.95 Å². The van der Waals surface area contributed by atoms with E-state index in [0.717, 1.165) is 17.6 Å². The molecule has 4 fully saturated rings. The number of benzene rings is 1. The van der Waals surface area contributed by atoms with Crippen molar-refractivity contribution in [2.75, 3.05) is 18.0 Å². The van der Waals surface area contributed by atoms with Crippen LogP contribution in [0.2, 0.25) is 0 Å². The van der Waals surface area contributed by atoms with E-state index >= 15 is 0 Å². The predicted molar refractivity (Wildman–Crippen MR) is 152 cm³/mol. The molecule has 0 radical (unpaired) electrons. The van der Waals surface area contributed by atoms with Gasteiger partial charge in [0.05, 0.1) is 28.9 Å². The van der Waals surface area contributed by atoms with E-state index in [9.17, 15) is 4.79 Å². The Kier molecular flexibility index (Phi) is 6.30. The maximum Gasteiger partial charge on any atom is 0.514 e. The van der Waals surface area contributed by atoms with Crippen LogP contribution in [-0.4, -0.2) is 74.7 Å². The Morgan fingerprint density at radius 3 is 2.30 bits per heavy atom. The summed E-state index contributed by atoms with van der Waals surface area (Å²) in [6, 6.07) is 14.0. The van der Waals surface area contributed by atoms with E-state index in [1.54, 1.807) is 4.52 Å². The van der Waals surface area contributed by atoms with Gasteiger partial charge in [0.25, 0.3) is 0 Å². The lowest BCUT2D eigenvalue weighted by atomic mass is 9.84. The monoisotopic (exact) mass is 547 g/mol. The van der Waals surface area contributed by atoms with Crippen molar-refractivity contribution in [1.82, 2.24) is 19.5 Å². The SMILES string of the molecule is CC(C)(C)OC(=O)N1C2CC1CN(c1nc3c(OCc4ccccc4)ccc(B4OC(C)(C)C(C)(C)O4)n3n1)C2. The van der Waals surface area contributed by atoms with Crippen LogP contribution < -0.4 is 15.2 Å². The van der Waals surface area contributed by atoms with Gasteiger partial charge in [-0.05, 0) is 72.6 Å². The number of carbonyl (C=O) groups excluding carboxylic acids is 1. The van der Waals surface area contributed by atoms with Gasteiger partial charge in [-0.2, -0.15) is 4.98 Å². The molecule has 7 rings (SSSR count). The zero-order valence-electron chi connectivity index (χ0n) is 24.4. The van der Waals surface area contributed by atoms with Crippen LogP contribution in [-0.2, 0) is 20.7 Å². The molecule has 4 aliphatic rings. The molecule has 1 amide bonds. The first kappa shape index (κ1) is 26.9. The zero-order valence-corrected chi connectivity index (χ0v) is 24.4. The van der Waals surface area contributed by atoms with E-state index in [4.69, 9.17) is 28.9 Å². The lowest BCUT2D eigenvalue weighted by Gasteiger charge is -2.55. The summed E-state index contributed by atoms with van der Waals surface area (Å²) in [4.78, 5) is 21.7. The van der Waals surface area contributed by atoms with Gasteiger partial charge in [-0.3, -0.25) is 4.90 Å². The van der Waals surface area contributed by atoms with E-state index < -0.39 is 23.9 Å². The number of nitrogens with zero attached hydrogens (tertiary/aromatic N) is 5. The summed E-state index contributed by atoms with van der Waals surface area (Å²) in [5.41, 5.74) is 0.904. The largest absolute Gasteiger partial charge is 0.514 e. The first-order valence-corrected chi connectivity index (χ1v) is 14.0. The Morgan fingerprint density at radius 1 is 1.02 bits per heavy atom. The van der Waals surface area contributed by atoms with Crippen LogP contribution in [0.3, 0.4) is 0 Å². The van der Waals surface area contributed by atoms with Crippen molar-refractivity contribution in [1.29, 1.82) is 0 Å². The lowest BCUT2D eigenvalue weighted by molar-refractivity contribution is -0.0381. The highest BCUT2D eigenvalue weighted by Crippen LogP contribution is 2.38. The Hall–Kier alpha value is -3.31. The second kappa shape index (κ2) is 9.38. The number of ether oxygens (including phenoxy) is 2. The number of aromatic nitrogens is 3. The normalized spacial score (nSPS) is 23.3. The third-order valence-corrected chi connectivity index (χ3v) is 8.28. The standard InChI is InChI=1S/C29H38BN5O5/c1-27(2,3)38-26(36)34-20-15-21(34)17-33(16-20)25-31-24-22(37-18-19-11-9-8-10-12-19)13-14-23(35(24)32-25)30-39-28(4,5)29(6,7)40-30/h8-14,20-21H,15-18H2,1-7H3. The Balaban J connectivity index is 1.29. The lowest BCUT2D eigenvalue weighted by Crippen LogP contribution is -2.70. The molecule has 4 saturated heterocycles. The van der Waals surface area contributed by atoms with Crippen molar-refractivity contribution < 1.29 is 23.6 Å². The van der Waals surface area contributed by atoms with Crippen LogP contribution in [0.1, 0.15) is 60.5 Å². The molecule has 1 aromatic carbocycles. The van der Waals surface area contributed by atoms with Gasteiger partial charge in [0, 0.05) is 13.1 Å². The summed E-state index contributed by atoms with van der Waals surface area (Å²) in [6.45, 7) is 15.5. The summed E-state index contributed by atoms with van der Waals surface area (Å²) in [5.74, 6) is 1.22. The average molecular weight is 547 g/mol. The highest BCUT2D eigenvalue weighted by atomic mass is 16.7. The summed E-state index contributed by atoms with van der Waals surface area (Å²) >= 11 is 0. The van der Waals surface area contributed by atoms with Gasteiger partial charge in [-0.25, -0.2) is 9.31 Å². The van der Waals surface area contributed by atoms with Crippen molar-refractivity contribution in [3.63, 3.8) is 0 Å². The number of carbonyl (C=O) groups is 1. The fourth-order valence-electron chi connectivity index (χ4n) is 5.46. The number of piperidine rings is 1. The summed E-state index contributed by atoms with van der Waals surface area (Å²) < 4.78 is 26.4. The smallest absolute Gasteiger partial charge is 0.485 e. The molecule has 0 aliphatic carbocycles. The second-order valence-corrected chi connectivity index (χ2v) is 13.0. The van der Waals surface area contributed by atoms with Gasteiger partial charge in [0.15, 0.2) is 11.4 Å². The molecule has 40 heavy (non-hydrogen) atoms. The molecule has 0 spiro atoms. The minimum absolute atomic E-state index is 0.0663. The number of pyridine rings is 1. The zero-order chi connectivity index (χ0) is 28.4. The molecular weight excluding hydrogens is 509 g/mol. The number of amides is 1. The first-order chi connectivity index (χ1) is 18.8. The summed E-state index contributed by atoms with van der Waals surface area (Å²) in [7, 11) is -0.609. The topological polar surface area (TPSA) is 90.7 Å². The van der Waals surface area contributed by atoms with Crippen LogP contribution in [0.15, 0.2) is 42.5 Å². The van der Waals surface area contributed by atoms with Gasteiger partial charge < -0.3 is 23.7 Å². The highest BCUT2D eigenvalue weighted by molar-refractivity contribution is 6.61. The van der Waals surface area contributed by atoms with Crippen molar-refractivity contribution in [2.24, 2.45) is 0 Å². The molecule has 0 saturated carbocycles. The van der Waals surface area contributed by atoms with E-state index in [1.165, 1.54) is 0 Å². The second-order valence-electron chi connectivity index (χ2n) is 13.0. The molecule has 10 nitrogen and oxygen atoms in total. The third-order valence-electron chi connectivity index (χ3n) is 8.28. The van der Waals surface area contributed by atoms with E-state index in [1.807, 2.05) is 95.8 Å². The number of fused-ring (bicyclic) bond motifs is 3. The fraction of sp³-hybridized carbons (Fsp3) is 0.552. The van der Waals surface area contributed by atoms with Gasteiger partial charge in [0.1, 0.15) is 12.2 Å². The molecule has 212 valence electrons. The van der Waals surface area contributed by atoms with Gasteiger partial charge in [-0.1, -0.05) is 30.3 Å². The molecule has 11 heteroatoms. The van der Waals surface area contributed by atoms with Crippen molar-refractivity contribution in [3.05, 3.63) is 48.0 Å². The Morgan fingerprint density at radius 2 is 1.68 bits per heavy atom. The van der Waals surface area contributed by atoms with E-state index in [-0.39, 0.29) is 18.2 Å². The van der Waals surface area contributed by atoms with Crippen molar-refractivity contribution in [3.8, 4) is 5.75 Å².